The number of allylic oxidation sites excluding steroid dienone is 1. The summed E-state index contributed by atoms with van der Waals surface area (Å²) < 4.78 is 5.96. The van der Waals surface area contributed by atoms with Crippen LogP contribution in [0, 0.1) is 5.92 Å². The molecule has 20 heavy (non-hydrogen) atoms. The summed E-state index contributed by atoms with van der Waals surface area (Å²) in [5, 5.41) is 21.0. The molecule has 0 aromatic rings. The molecule has 5 atom stereocenters. The molecule has 0 spiro atoms. The van der Waals surface area contributed by atoms with Gasteiger partial charge in [0.2, 0.25) is 0 Å². The zero-order valence-corrected chi connectivity index (χ0v) is 13.9. The summed E-state index contributed by atoms with van der Waals surface area (Å²) in [7, 11) is 0. The summed E-state index contributed by atoms with van der Waals surface area (Å²) in [5.74, 6) is 0.750. The highest BCUT2D eigenvalue weighted by molar-refractivity contribution is 7.98. The SMILES string of the molecule is CSC[C@@]1(O)CC[C@@H](O)C[C@@H]1[C@]1(C)O[C@@H]1CC=C(C)C. The number of aliphatic hydroxyl groups is 2. The van der Waals surface area contributed by atoms with Gasteiger partial charge in [-0.2, -0.15) is 11.8 Å². The number of aliphatic hydroxyl groups excluding tert-OH is 1. The number of ether oxygens (including phenoxy) is 1. The van der Waals surface area contributed by atoms with E-state index in [1.165, 1.54) is 5.57 Å². The van der Waals surface area contributed by atoms with Gasteiger partial charge in [0.25, 0.3) is 0 Å². The van der Waals surface area contributed by atoms with Crippen LogP contribution in [-0.4, -0.2) is 45.6 Å². The molecule has 1 saturated heterocycles. The van der Waals surface area contributed by atoms with E-state index in [9.17, 15) is 10.2 Å². The molecule has 2 fully saturated rings. The molecule has 0 bridgehead atoms. The Kier molecular flexibility index (Phi) is 4.90. The molecular formula is C16H28O3S. The Labute approximate surface area is 126 Å². The molecule has 4 heteroatoms. The van der Waals surface area contributed by atoms with Gasteiger partial charge < -0.3 is 14.9 Å². The normalized spacial score (nSPS) is 44.2. The van der Waals surface area contributed by atoms with Gasteiger partial charge in [0, 0.05) is 11.7 Å². The summed E-state index contributed by atoms with van der Waals surface area (Å²) in [6, 6.07) is 0. The lowest BCUT2D eigenvalue weighted by Crippen LogP contribution is -2.52. The van der Waals surface area contributed by atoms with Crippen molar-refractivity contribution in [3.63, 3.8) is 0 Å². The van der Waals surface area contributed by atoms with E-state index in [-0.39, 0.29) is 23.7 Å². The molecule has 0 aromatic carbocycles. The third kappa shape index (κ3) is 3.24. The van der Waals surface area contributed by atoms with Gasteiger partial charge in [-0.25, -0.2) is 0 Å². The molecule has 0 radical (unpaired) electrons. The number of thioether (sulfide) groups is 1. The lowest BCUT2D eigenvalue weighted by atomic mass is 9.68. The molecule has 0 aromatic heterocycles. The summed E-state index contributed by atoms with van der Waals surface area (Å²) in [4.78, 5) is 0. The van der Waals surface area contributed by atoms with Crippen molar-refractivity contribution in [2.24, 2.45) is 5.92 Å². The van der Waals surface area contributed by atoms with Crippen LogP contribution in [0.5, 0.6) is 0 Å². The summed E-state index contributed by atoms with van der Waals surface area (Å²) in [5.41, 5.74) is 0.316. The Morgan fingerprint density at radius 3 is 2.75 bits per heavy atom. The van der Waals surface area contributed by atoms with Gasteiger partial charge in [-0.3, -0.25) is 0 Å². The smallest absolute Gasteiger partial charge is 0.0980 e. The second-order valence-corrected chi connectivity index (χ2v) is 7.69. The zero-order valence-electron chi connectivity index (χ0n) is 13.1. The predicted octanol–water partition coefficient (Wildman–Crippen LogP) is 2.76. The topological polar surface area (TPSA) is 53.0 Å². The van der Waals surface area contributed by atoms with Crippen LogP contribution in [0.3, 0.4) is 0 Å². The molecule has 0 amide bonds. The van der Waals surface area contributed by atoms with E-state index in [2.05, 4.69) is 26.8 Å². The third-order valence-corrected chi connectivity index (χ3v) is 5.66. The molecule has 2 N–H and O–H groups in total. The highest BCUT2D eigenvalue weighted by Gasteiger charge is 2.63. The second kappa shape index (κ2) is 5.99. The molecular weight excluding hydrogens is 272 g/mol. The Morgan fingerprint density at radius 2 is 2.15 bits per heavy atom. The maximum absolute atomic E-state index is 11.0. The van der Waals surface area contributed by atoms with Crippen molar-refractivity contribution in [3.8, 4) is 0 Å². The fourth-order valence-corrected chi connectivity index (χ4v) is 4.44. The summed E-state index contributed by atoms with van der Waals surface area (Å²) in [6.07, 6.45) is 7.03. The van der Waals surface area contributed by atoms with Gasteiger partial charge in [0.15, 0.2) is 0 Å². The molecule has 2 rings (SSSR count). The fourth-order valence-electron chi connectivity index (χ4n) is 3.59. The van der Waals surface area contributed by atoms with E-state index in [1.54, 1.807) is 11.8 Å². The maximum Gasteiger partial charge on any atom is 0.0980 e. The molecule has 2 aliphatic rings. The van der Waals surface area contributed by atoms with E-state index in [0.717, 1.165) is 12.2 Å². The van der Waals surface area contributed by atoms with Crippen molar-refractivity contribution in [1.29, 1.82) is 0 Å². The minimum Gasteiger partial charge on any atom is -0.393 e. The molecule has 1 heterocycles. The molecule has 0 unspecified atom stereocenters. The monoisotopic (exact) mass is 300 g/mol. The van der Waals surface area contributed by atoms with Crippen molar-refractivity contribution >= 4 is 11.8 Å². The second-order valence-electron chi connectivity index (χ2n) is 6.82. The number of hydrogen-bond acceptors (Lipinski definition) is 4. The van der Waals surface area contributed by atoms with Gasteiger partial charge in [0.1, 0.15) is 0 Å². The van der Waals surface area contributed by atoms with Crippen LogP contribution < -0.4 is 0 Å². The van der Waals surface area contributed by atoms with Gasteiger partial charge in [-0.05, 0) is 52.7 Å². The number of hydrogen-bond donors (Lipinski definition) is 2. The van der Waals surface area contributed by atoms with Crippen molar-refractivity contribution in [3.05, 3.63) is 11.6 Å². The van der Waals surface area contributed by atoms with E-state index in [0.29, 0.717) is 19.3 Å². The van der Waals surface area contributed by atoms with Gasteiger partial charge in [-0.1, -0.05) is 11.6 Å². The molecule has 1 aliphatic carbocycles. The predicted molar refractivity (Wildman–Crippen MR) is 84.0 cm³/mol. The van der Waals surface area contributed by atoms with Crippen LogP contribution in [0.15, 0.2) is 11.6 Å². The Balaban J connectivity index is 2.10. The largest absolute Gasteiger partial charge is 0.393 e. The average Bonchev–Trinajstić information content (AvgIpc) is 3.03. The van der Waals surface area contributed by atoms with E-state index in [4.69, 9.17) is 4.74 Å². The molecule has 116 valence electrons. The molecule has 1 saturated carbocycles. The van der Waals surface area contributed by atoms with Crippen LogP contribution in [0.4, 0.5) is 0 Å². The lowest BCUT2D eigenvalue weighted by Gasteiger charge is -2.43. The first-order valence-electron chi connectivity index (χ1n) is 7.52. The highest BCUT2D eigenvalue weighted by atomic mass is 32.2. The van der Waals surface area contributed by atoms with Gasteiger partial charge in [0.05, 0.1) is 23.4 Å². The summed E-state index contributed by atoms with van der Waals surface area (Å²) >= 11 is 1.68. The van der Waals surface area contributed by atoms with Crippen LogP contribution in [-0.2, 0) is 4.74 Å². The minimum atomic E-state index is -0.701. The van der Waals surface area contributed by atoms with Crippen LogP contribution >= 0.6 is 11.8 Å². The average molecular weight is 300 g/mol. The van der Waals surface area contributed by atoms with Gasteiger partial charge >= 0.3 is 0 Å². The molecule has 3 nitrogen and oxygen atoms in total. The standard InChI is InChI=1S/C16H28O3S/c1-11(2)5-6-14-15(3,19-14)13-9-12(17)7-8-16(13,18)10-20-4/h5,12-14,17-18H,6-10H2,1-4H3/t12-,13-,14-,15+,16+/m1/s1. The van der Waals surface area contributed by atoms with E-state index >= 15 is 0 Å². The molecule has 1 aliphatic heterocycles. The van der Waals surface area contributed by atoms with Crippen molar-refractivity contribution < 1.29 is 14.9 Å². The Hall–Kier alpha value is -0.0300. The van der Waals surface area contributed by atoms with Crippen molar-refractivity contribution in [1.82, 2.24) is 0 Å². The van der Waals surface area contributed by atoms with Crippen LogP contribution in [0.2, 0.25) is 0 Å². The minimum absolute atomic E-state index is 0.0294. The first-order chi connectivity index (χ1) is 9.32. The highest BCUT2D eigenvalue weighted by Crippen LogP contribution is 2.54. The maximum atomic E-state index is 11.0. The number of epoxide rings is 1. The van der Waals surface area contributed by atoms with Crippen molar-refractivity contribution in [2.75, 3.05) is 12.0 Å². The van der Waals surface area contributed by atoms with Crippen LogP contribution in [0.25, 0.3) is 0 Å². The number of rotatable bonds is 5. The zero-order chi connectivity index (χ0) is 15.0. The van der Waals surface area contributed by atoms with E-state index < -0.39 is 5.60 Å². The first-order valence-corrected chi connectivity index (χ1v) is 8.92. The summed E-state index contributed by atoms with van der Waals surface area (Å²) in [6.45, 7) is 6.28. The Bertz CT molecular complexity index is 380. The lowest BCUT2D eigenvalue weighted by molar-refractivity contribution is -0.0885. The van der Waals surface area contributed by atoms with E-state index in [1.807, 2.05) is 6.26 Å². The first kappa shape index (κ1) is 16.3. The van der Waals surface area contributed by atoms with Gasteiger partial charge in [-0.15, -0.1) is 0 Å². The van der Waals surface area contributed by atoms with Crippen molar-refractivity contribution in [2.45, 2.75) is 69.9 Å². The quantitative estimate of drug-likeness (QED) is 0.605. The van der Waals surface area contributed by atoms with Crippen LogP contribution in [0.1, 0.15) is 46.5 Å². The third-order valence-electron chi connectivity index (χ3n) is 4.87. The fraction of sp³-hybridized carbons (Fsp3) is 0.875. The Morgan fingerprint density at radius 1 is 1.45 bits per heavy atom.